The van der Waals surface area contributed by atoms with Gasteiger partial charge in [-0.1, -0.05) is 0 Å². The Labute approximate surface area is 52.6 Å². The van der Waals surface area contributed by atoms with E-state index in [0.29, 0.717) is 0 Å². The summed E-state index contributed by atoms with van der Waals surface area (Å²) in [6.07, 6.45) is 2.32. The van der Waals surface area contributed by atoms with Crippen LogP contribution in [0.25, 0.3) is 0 Å². The zero-order valence-corrected chi connectivity index (χ0v) is 5.03. The molecular weight excluding hydrogens is 124 g/mol. The standard InChI is InChI=1S/C5H8O4/c1-8-9-4-2-3-5(6)7/h2-3H,4H2,1H3,(H,6,7)/b3-2+. The summed E-state index contributed by atoms with van der Waals surface area (Å²) in [7, 11) is 1.36. The van der Waals surface area contributed by atoms with E-state index in [1.165, 1.54) is 13.2 Å². The normalized spacial score (nSPS) is 10.3. The molecule has 4 nitrogen and oxygen atoms in total. The Morgan fingerprint density at radius 2 is 2.44 bits per heavy atom. The first-order valence-corrected chi connectivity index (χ1v) is 2.32. The molecule has 0 aromatic rings. The molecule has 0 aliphatic rings. The molecule has 0 bridgehead atoms. The summed E-state index contributed by atoms with van der Waals surface area (Å²) in [5, 5.41) is 8.03. The number of aliphatic carboxylic acids is 1. The lowest BCUT2D eigenvalue weighted by atomic mass is 10.5. The fourth-order valence-electron chi connectivity index (χ4n) is 0.256. The van der Waals surface area contributed by atoms with E-state index in [1.54, 1.807) is 0 Å². The summed E-state index contributed by atoms with van der Waals surface area (Å²) in [4.78, 5) is 18.3. The van der Waals surface area contributed by atoms with Gasteiger partial charge in [0.05, 0.1) is 7.11 Å². The molecule has 0 spiro atoms. The molecule has 0 heterocycles. The fraction of sp³-hybridized carbons (Fsp3) is 0.400. The van der Waals surface area contributed by atoms with Crippen LogP contribution in [0.1, 0.15) is 0 Å². The maximum Gasteiger partial charge on any atom is 0.328 e. The highest BCUT2D eigenvalue weighted by atomic mass is 17.2. The van der Waals surface area contributed by atoms with Crippen molar-refractivity contribution in [2.75, 3.05) is 13.7 Å². The van der Waals surface area contributed by atoms with Gasteiger partial charge in [0.25, 0.3) is 0 Å². The van der Waals surface area contributed by atoms with Crippen LogP contribution in [0, 0.1) is 0 Å². The lowest BCUT2D eigenvalue weighted by Crippen LogP contribution is -1.91. The highest BCUT2D eigenvalue weighted by Crippen LogP contribution is 1.76. The van der Waals surface area contributed by atoms with E-state index < -0.39 is 5.97 Å². The second-order valence-corrected chi connectivity index (χ2v) is 1.19. The largest absolute Gasteiger partial charge is 0.478 e. The minimum absolute atomic E-state index is 0.156. The number of rotatable bonds is 4. The Kier molecular flexibility index (Phi) is 4.76. The summed E-state index contributed by atoms with van der Waals surface area (Å²) >= 11 is 0. The predicted octanol–water partition coefficient (Wildman–Crippen LogP) is 0.205. The zero-order valence-electron chi connectivity index (χ0n) is 5.03. The number of hydrogen-bond acceptors (Lipinski definition) is 3. The molecule has 0 fully saturated rings. The summed E-state index contributed by atoms with van der Waals surface area (Å²) in [5.41, 5.74) is 0. The topological polar surface area (TPSA) is 55.8 Å². The van der Waals surface area contributed by atoms with Crippen molar-refractivity contribution < 1.29 is 19.7 Å². The first kappa shape index (κ1) is 8.13. The van der Waals surface area contributed by atoms with Crippen LogP contribution in [0.15, 0.2) is 12.2 Å². The quantitative estimate of drug-likeness (QED) is 0.257. The maximum atomic E-state index is 9.78. The Balaban J connectivity index is 3.15. The van der Waals surface area contributed by atoms with Gasteiger partial charge in [-0.05, 0) is 6.08 Å². The van der Waals surface area contributed by atoms with Crippen LogP contribution in [0.2, 0.25) is 0 Å². The average molecular weight is 132 g/mol. The number of carboxylic acid groups (broad SMARTS) is 1. The summed E-state index contributed by atoms with van der Waals surface area (Å²) in [5.74, 6) is -0.991. The Morgan fingerprint density at radius 3 is 2.89 bits per heavy atom. The highest BCUT2D eigenvalue weighted by Gasteiger charge is 1.83. The molecule has 0 saturated heterocycles. The third-order valence-electron chi connectivity index (χ3n) is 0.543. The predicted molar refractivity (Wildman–Crippen MR) is 29.7 cm³/mol. The van der Waals surface area contributed by atoms with Crippen LogP contribution >= 0.6 is 0 Å². The Morgan fingerprint density at radius 1 is 1.78 bits per heavy atom. The number of hydrogen-bond donors (Lipinski definition) is 1. The van der Waals surface area contributed by atoms with E-state index in [0.717, 1.165) is 6.08 Å². The van der Waals surface area contributed by atoms with Crippen LogP contribution in [-0.4, -0.2) is 24.8 Å². The first-order chi connectivity index (χ1) is 4.27. The van der Waals surface area contributed by atoms with E-state index in [1.807, 2.05) is 0 Å². The van der Waals surface area contributed by atoms with Crippen molar-refractivity contribution in [3.63, 3.8) is 0 Å². The molecule has 0 saturated carbocycles. The third kappa shape index (κ3) is 7.13. The molecule has 0 amide bonds. The molecule has 52 valence electrons. The molecule has 0 aliphatic heterocycles. The highest BCUT2D eigenvalue weighted by molar-refractivity contribution is 5.79. The van der Waals surface area contributed by atoms with Gasteiger partial charge in [0.1, 0.15) is 6.61 Å². The van der Waals surface area contributed by atoms with Crippen molar-refractivity contribution in [1.82, 2.24) is 0 Å². The van der Waals surface area contributed by atoms with Crippen LogP contribution in [0.3, 0.4) is 0 Å². The van der Waals surface area contributed by atoms with E-state index in [2.05, 4.69) is 9.78 Å². The van der Waals surface area contributed by atoms with Crippen molar-refractivity contribution in [3.05, 3.63) is 12.2 Å². The molecule has 1 N–H and O–H groups in total. The lowest BCUT2D eigenvalue weighted by Gasteiger charge is -1.89. The molecule has 0 aromatic heterocycles. The SMILES string of the molecule is COOC/C=C/C(=O)O. The van der Waals surface area contributed by atoms with Gasteiger partial charge in [0.2, 0.25) is 0 Å². The van der Waals surface area contributed by atoms with Gasteiger partial charge in [-0.2, -0.15) is 0 Å². The number of carboxylic acids is 1. The van der Waals surface area contributed by atoms with Gasteiger partial charge in [-0.25, -0.2) is 14.6 Å². The monoisotopic (exact) mass is 132 g/mol. The van der Waals surface area contributed by atoms with E-state index in [9.17, 15) is 4.79 Å². The lowest BCUT2D eigenvalue weighted by molar-refractivity contribution is -0.263. The van der Waals surface area contributed by atoms with Crippen molar-refractivity contribution in [1.29, 1.82) is 0 Å². The molecule has 0 aliphatic carbocycles. The minimum atomic E-state index is -0.991. The van der Waals surface area contributed by atoms with E-state index in [-0.39, 0.29) is 6.61 Å². The average Bonchev–Trinajstić information content (AvgIpc) is 1.80. The summed E-state index contributed by atoms with van der Waals surface area (Å²) in [6.45, 7) is 0.156. The van der Waals surface area contributed by atoms with Crippen molar-refractivity contribution in [2.24, 2.45) is 0 Å². The van der Waals surface area contributed by atoms with Gasteiger partial charge in [0, 0.05) is 6.08 Å². The van der Waals surface area contributed by atoms with Gasteiger partial charge in [0.15, 0.2) is 0 Å². The van der Waals surface area contributed by atoms with Crippen LogP contribution < -0.4 is 0 Å². The smallest absolute Gasteiger partial charge is 0.328 e. The van der Waals surface area contributed by atoms with Gasteiger partial charge in [-0.3, -0.25) is 0 Å². The van der Waals surface area contributed by atoms with Crippen LogP contribution in [0.5, 0.6) is 0 Å². The maximum absolute atomic E-state index is 9.78. The minimum Gasteiger partial charge on any atom is -0.478 e. The second kappa shape index (κ2) is 5.27. The molecular formula is C5H8O4. The first-order valence-electron chi connectivity index (χ1n) is 2.32. The molecule has 0 aromatic carbocycles. The van der Waals surface area contributed by atoms with Crippen molar-refractivity contribution >= 4 is 5.97 Å². The third-order valence-corrected chi connectivity index (χ3v) is 0.543. The second-order valence-electron chi connectivity index (χ2n) is 1.19. The summed E-state index contributed by atoms with van der Waals surface area (Å²) in [6, 6.07) is 0. The van der Waals surface area contributed by atoms with E-state index >= 15 is 0 Å². The van der Waals surface area contributed by atoms with E-state index in [4.69, 9.17) is 5.11 Å². The van der Waals surface area contributed by atoms with Gasteiger partial charge in [-0.15, -0.1) is 0 Å². The molecule has 0 radical (unpaired) electrons. The zero-order chi connectivity index (χ0) is 7.11. The van der Waals surface area contributed by atoms with Gasteiger partial charge < -0.3 is 5.11 Å². The molecule has 0 atom stereocenters. The molecule has 0 rings (SSSR count). The molecule has 0 unspecified atom stereocenters. The molecule has 9 heavy (non-hydrogen) atoms. The summed E-state index contributed by atoms with van der Waals surface area (Å²) < 4.78 is 0. The number of carbonyl (C=O) groups is 1. The molecule has 4 heteroatoms. The van der Waals surface area contributed by atoms with Crippen molar-refractivity contribution in [2.45, 2.75) is 0 Å². The van der Waals surface area contributed by atoms with Gasteiger partial charge >= 0.3 is 5.97 Å². The van der Waals surface area contributed by atoms with Crippen molar-refractivity contribution in [3.8, 4) is 0 Å². The van der Waals surface area contributed by atoms with Crippen LogP contribution in [0.4, 0.5) is 0 Å². The Bertz CT molecular complexity index is 108. The van der Waals surface area contributed by atoms with Crippen LogP contribution in [-0.2, 0) is 14.6 Å². The Hall–Kier alpha value is -0.870. The fourth-order valence-corrected chi connectivity index (χ4v) is 0.256.